The molecule has 4 heterocycles. The summed E-state index contributed by atoms with van der Waals surface area (Å²) in [5.74, 6) is 1.61. The van der Waals surface area contributed by atoms with Gasteiger partial charge >= 0.3 is 0 Å². The lowest BCUT2D eigenvalue weighted by Crippen LogP contribution is -2.47. The molecule has 2 amide bonds. The highest BCUT2D eigenvalue weighted by molar-refractivity contribution is 6.26. The summed E-state index contributed by atoms with van der Waals surface area (Å²) >= 11 is 0. The molecule has 2 aliphatic heterocycles. The minimum atomic E-state index is -0.650. The van der Waals surface area contributed by atoms with Crippen LogP contribution in [-0.2, 0) is 14.3 Å². The van der Waals surface area contributed by atoms with Crippen LogP contribution in [0.5, 0.6) is 11.5 Å². The number of imide groups is 1. The normalized spacial score (nSPS) is 25.0. The quantitative estimate of drug-likeness (QED) is 0.196. The lowest BCUT2D eigenvalue weighted by atomic mass is 9.53. The highest BCUT2D eigenvalue weighted by Crippen LogP contribution is 2.62. The molecule has 250 valence electrons. The first kappa shape index (κ1) is 31.0. The van der Waals surface area contributed by atoms with Gasteiger partial charge in [-0.2, -0.15) is 0 Å². The van der Waals surface area contributed by atoms with Crippen LogP contribution in [0.1, 0.15) is 88.0 Å². The Morgan fingerprint density at radius 3 is 1.96 bits per heavy atom. The number of fused-ring (bicyclic) bond motifs is 2. The summed E-state index contributed by atoms with van der Waals surface area (Å²) in [5.41, 5.74) is 1.96. The number of imidazole rings is 1. The Bertz CT molecular complexity index is 1770. The van der Waals surface area contributed by atoms with E-state index < -0.39 is 17.1 Å². The number of aromatic nitrogens is 4. The second-order valence-electron chi connectivity index (χ2n) is 14.2. The number of hydrogen-bond acceptors (Lipinski definition) is 8. The van der Waals surface area contributed by atoms with E-state index in [1.54, 1.807) is 6.33 Å². The second-order valence-corrected chi connectivity index (χ2v) is 14.2. The third kappa shape index (κ3) is 5.07. The van der Waals surface area contributed by atoms with Crippen molar-refractivity contribution in [1.82, 2.24) is 19.5 Å². The van der Waals surface area contributed by atoms with Gasteiger partial charge in [0.15, 0.2) is 17.0 Å². The van der Waals surface area contributed by atoms with Gasteiger partial charge in [0.25, 0.3) is 0 Å². The molecule has 0 N–H and O–H groups in total. The van der Waals surface area contributed by atoms with Crippen molar-refractivity contribution in [1.29, 1.82) is 0 Å². The standard InChI is InChI=1S/C38H43N5O5/c1-25-9-13-27(14-10-25)46-22-30-29(47-28-15-11-26(2)12-16-28)21-31(48-30)42-24-41-32-33(42)39-23-40-34(32)43-35(44)37(17-5-3-6-18-37)38(36(43)45)19-7-4-8-20-38/h9-16,23-24,29-31H,3-8,17-22H2,1-2H3/t29-,30+,31+/m0/s1. The monoisotopic (exact) mass is 649 g/mol. The molecule has 2 aromatic carbocycles. The molecule has 2 saturated heterocycles. The maximum Gasteiger partial charge on any atom is 0.242 e. The Labute approximate surface area is 280 Å². The molecule has 10 nitrogen and oxygen atoms in total. The number of nitrogens with zero attached hydrogens (tertiary/aromatic N) is 5. The smallest absolute Gasteiger partial charge is 0.242 e. The summed E-state index contributed by atoms with van der Waals surface area (Å²) in [4.78, 5) is 44.3. The van der Waals surface area contributed by atoms with Crippen LogP contribution >= 0.6 is 0 Å². The summed E-state index contributed by atoms with van der Waals surface area (Å²) in [6.45, 7) is 4.38. The topological polar surface area (TPSA) is 109 Å². The van der Waals surface area contributed by atoms with Crippen LogP contribution in [0.3, 0.4) is 0 Å². The van der Waals surface area contributed by atoms with E-state index >= 15 is 0 Å². The number of rotatable bonds is 7. The van der Waals surface area contributed by atoms with Crippen molar-refractivity contribution in [3.8, 4) is 11.5 Å². The van der Waals surface area contributed by atoms with Crippen LogP contribution in [0.4, 0.5) is 5.82 Å². The van der Waals surface area contributed by atoms with E-state index in [1.807, 2.05) is 66.9 Å². The number of anilines is 1. The van der Waals surface area contributed by atoms with E-state index in [2.05, 4.69) is 9.97 Å². The van der Waals surface area contributed by atoms with Gasteiger partial charge in [-0.25, -0.2) is 19.9 Å². The number of ether oxygens (including phenoxy) is 3. The molecular formula is C38H43N5O5. The number of carbonyl (C=O) groups is 2. The zero-order chi connectivity index (χ0) is 32.9. The number of amides is 2. The maximum atomic E-state index is 14.5. The highest BCUT2D eigenvalue weighted by atomic mass is 16.6. The summed E-state index contributed by atoms with van der Waals surface area (Å²) in [5, 5.41) is 0. The van der Waals surface area contributed by atoms with Gasteiger partial charge in [-0.15, -0.1) is 0 Å². The van der Waals surface area contributed by atoms with E-state index in [-0.39, 0.29) is 29.8 Å². The lowest BCUT2D eigenvalue weighted by molar-refractivity contribution is -0.141. The molecule has 2 aromatic heterocycles. The second kappa shape index (κ2) is 12.3. The molecule has 4 fully saturated rings. The first-order chi connectivity index (χ1) is 23.4. The number of benzene rings is 2. The van der Waals surface area contributed by atoms with Gasteiger partial charge in [-0.05, 0) is 63.8 Å². The zero-order valence-corrected chi connectivity index (χ0v) is 27.8. The minimum absolute atomic E-state index is 0.0966. The molecule has 0 radical (unpaired) electrons. The van der Waals surface area contributed by atoms with Crippen LogP contribution in [0.2, 0.25) is 0 Å². The summed E-state index contributed by atoms with van der Waals surface area (Å²) in [6.07, 6.45) is 11.7. The van der Waals surface area contributed by atoms with Crippen molar-refractivity contribution >= 4 is 28.8 Å². The first-order valence-electron chi connectivity index (χ1n) is 17.5. The van der Waals surface area contributed by atoms with Crippen molar-refractivity contribution in [2.75, 3.05) is 11.5 Å². The summed E-state index contributed by atoms with van der Waals surface area (Å²) < 4.78 is 21.1. The van der Waals surface area contributed by atoms with E-state index in [0.717, 1.165) is 86.8 Å². The van der Waals surface area contributed by atoms with Gasteiger partial charge in [0.05, 0.1) is 17.2 Å². The predicted octanol–water partition coefficient (Wildman–Crippen LogP) is 7.03. The van der Waals surface area contributed by atoms with E-state index in [1.165, 1.54) is 11.2 Å². The third-order valence-electron chi connectivity index (χ3n) is 11.3. The van der Waals surface area contributed by atoms with Gasteiger partial charge in [0, 0.05) is 6.42 Å². The Morgan fingerprint density at radius 2 is 1.35 bits per heavy atom. The van der Waals surface area contributed by atoms with Crippen molar-refractivity contribution < 1.29 is 23.8 Å². The average molecular weight is 650 g/mol. The molecular weight excluding hydrogens is 606 g/mol. The van der Waals surface area contributed by atoms with Gasteiger partial charge in [-0.3, -0.25) is 14.2 Å². The van der Waals surface area contributed by atoms with Crippen molar-refractivity contribution in [3.05, 3.63) is 72.3 Å². The van der Waals surface area contributed by atoms with Crippen molar-refractivity contribution in [2.45, 2.75) is 103 Å². The average Bonchev–Trinajstić information content (AvgIpc) is 3.77. The van der Waals surface area contributed by atoms with Crippen molar-refractivity contribution in [2.24, 2.45) is 10.8 Å². The fourth-order valence-corrected chi connectivity index (χ4v) is 8.78. The highest BCUT2D eigenvalue weighted by Gasteiger charge is 2.69. The number of hydrogen-bond donors (Lipinski definition) is 0. The van der Waals surface area contributed by atoms with E-state index in [4.69, 9.17) is 19.2 Å². The van der Waals surface area contributed by atoms with Crippen LogP contribution < -0.4 is 14.4 Å². The number of carbonyl (C=O) groups excluding carboxylic acids is 2. The van der Waals surface area contributed by atoms with Gasteiger partial charge < -0.3 is 14.2 Å². The Morgan fingerprint density at radius 1 is 0.771 bits per heavy atom. The van der Waals surface area contributed by atoms with Crippen molar-refractivity contribution in [3.63, 3.8) is 0 Å². The zero-order valence-electron chi connectivity index (χ0n) is 27.8. The number of aryl methyl sites for hydroxylation is 2. The molecule has 2 saturated carbocycles. The fourth-order valence-electron chi connectivity index (χ4n) is 8.78. The molecule has 4 aliphatic rings. The van der Waals surface area contributed by atoms with Crippen LogP contribution in [0.15, 0.2) is 61.2 Å². The molecule has 2 spiro atoms. The van der Waals surface area contributed by atoms with Crippen LogP contribution in [0.25, 0.3) is 11.2 Å². The molecule has 2 aliphatic carbocycles. The third-order valence-corrected chi connectivity index (χ3v) is 11.3. The first-order valence-corrected chi connectivity index (χ1v) is 17.5. The Hall–Kier alpha value is -4.31. The molecule has 0 unspecified atom stereocenters. The van der Waals surface area contributed by atoms with Gasteiger partial charge in [0.1, 0.15) is 42.9 Å². The van der Waals surface area contributed by atoms with Crippen LogP contribution in [0, 0.1) is 24.7 Å². The molecule has 8 rings (SSSR count). The minimum Gasteiger partial charge on any atom is -0.491 e. The van der Waals surface area contributed by atoms with Crippen LogP contribution in [-0.4, -0.2) is 50.1 Å². The molecule has 4 aromatic rings. The molecule has 3 atom stereocenters. The Balaban J connectivity index is 1.10. The largest absolute Gasteiger partial charge is 0.491 e. The summed E-state index contributed by atoms with van der Waals surface area (Å²) in [6, 6.07) is 15.9. The SMILES string of the molecule is Cc1ccc(OC[C@H]2O[C@@H](n3cnc4c(N5C(=O)C6(CCCCC6)C6(CCCCC6)C5=O)ncnc43)C[C@@H]2Oc2ccc(C)cc2)cc1. The molecule has 0 bridgehead atoms. The fraction of sp³-hybridized carbons (Fsp3) is 0.500. The Kier molecular flexibility index (Phi) is 7.94. The van der Waals surface area contributed by atoms with Gasteiger partial charge in [0.2, 0.25) is 11.8 Å². The van der Waals surface area contributed by atoms with E-state index in [9.17, 15) is 9.59 Å². The molecule has 10 heteroatoms. The predicted molar refractivity (Wildman–Crippen MR) is 180 cm³/mol. The molecule has 48 heavy (non-hydrogen) atoms. The van der Waals surface area contributed by atoms with E-state index in [0.29, 0.717) is 24.2 Å². The maximum absolute atomic E-state index is 14.5. The van der Waals surface area contributed by atoms with Gasteiger partial charge in [-0.1, -0.05) is 73.9 Å². The lowest BCUT2D eigenvalue weighted by Gasteiger charge is -2.46. The summed E-state index contributed by atoms with van der Waals surface area (Å²) in [7, 11) is 0.